The third kappa shape index (κ3) is 8.78. The van der Waals surface area contributed by atoms with Crippen LogP contribution in [0.25, 0.3) is 0 Å². The molecule has 3 rings (SSSR count). The molecule has 41 heavy (non-hydrogen) atoms. The van der Waals surface area contributed by atoms with E-state index in [0.717, 1.165) is 19.3 Å². The van der Waals surface area contributed by atoms with E-state index in [2.05, 4.69) is 10.0 Å². The maximum absolute atomic E-state index is 13.3. The molecule has 2 aliphatic carbocycles. The number of amides is 4. The van der Waals surface area contributed by atoms with Crippen molar-refractivity contribution >= 4 is 56.4 Å². The number of halogens is 1. The molecule has 3 fully saturated rings. The van der Waals surface area contributed by atoms with E-state index in [4.69, 9.17) is 10.5 Å². The van der Waals surface area contributed by atoms with Crippen LogP contribution >= 0.6 is 22.6 Å². The van der Waals surface area contributed by atoms with Gasteiger partial charge in [-0.1, -0.05) is 47.6 Å². The largest absolute Gasteiger partial charge is 0.444 e. The van der Waals surface area contributed by atoms with Gasteiger partial charge >= 0.3 is 6.09 Å². The summed E-state index contributed by atoms with van der Waals surface area (Å²) in [4.78, 5) is 51.4. The van der Waals surface area contributed by atoms with Gasteiger partial charge in [-0.15, -0.1) is 0 Å². The topological polar surface area (TPSA) is 185 Å². The molecule has 12 nitrogen and oxygen atoms in total. The molecule has 5 atom stereocenters. The number of nitrogens with two attached hydrogens (primary N) is 1. The van der Waals surface area contributed by atoms with Gasteiger partial charge in [-0.25, -0.2) is 13.2 Å². The molecule has 0 unspecified atom stereocenters. The number of alkyl halides is 1. The molecule has 0 bridgehead atoms. The molecule has 0 radical (unpaired) electrons. The lowest BCUT2D eigenvalue weighted by molar-refractivity contribution is -0.139. The summed E-state index contributed by atoms with van der Waals surface area (Å²) < 4.78 is 30.7. The first kappa shape index (κ1) is 33.6. The predicted molar refractivity (Wildman–Crippen MR) is 160 cm³/mol. The smallest absolute Gasteiger partial charge is 0.408 e. The van der Waals surface area contributed by atoms with Gasteiger partial charge in [-0.05, 0) is 66.2 Å². The molecule has 0 aromatic rings. The number of ether oxygens (including phenoxy) is 1. The SMILES string of the molecule is CC(C)(C)OC(=O)N[C@@H](CCCCC/C=C\[C@@H]1C[C@]1(I)C(=O)NS(=O)(=O)C1(C)CC1)C(=O)N1C[C@H](O)C[C@H]1C(N)=O. The molecule has 2 saturated carbocycles. The first-order valence-electron chi connectivity index (χ1n) is 14.1. The van der Waals surface area contributed by atoms with Crippen LogP contribution in [0.2, 0.25) is 0 Å². The Morgan fingerprint density at radius 3 is 2.44 bits per heavy atom. The van der Waals surface area contributed by atoms with Crippen molar-refractivity contribution in [3.63, 3.8) is 0 Å². The molecule has 1 aliphatic heterocycles. The molecule has 4 amide bonds. The summed E-state index contributed by atoms with van der Waals surface area (Å²) in [5.74, 6) is -1.68. The van der Waals surface area contributed by atoms with Crippen molar-refractivity contribution in [3.05, 3.63) is 12.2 Å². The summed E-state index contributed by atoms with van der Waals surface area (Å²) in [6.07, 6.45) is 7.31. The summed E-state index contributed by atoms with van der Waals surface area (Å²) in [6.45, 7) is 6.75. The van der Waals surface area contributed by atoms with Crippen LogP contribution < -0.4 is 15.8 Å². The number of aliphatic hydroxyl groups is 1. The highest BCUT2D eigenvalue weighted by molar-refractivity contribution is 14.1. The molecule has 1 saturated heterocycles. The van der Waals surface area contributed by atoms with Crippen LogP contribution in [0, 0.1) is 5.92 Å². The summed E-state index contributed by atoms with van der Waals surface area (Å²) in [5.41, 5.74) is 4.68. The Bertz CT molecular complexity index is 1170. The van der Waals surface area contributed by atoms with Gasteiger partial charge in [0.25, 0.3) is 0 Å². The Balaban J connectivity index is 1.46. The fourth-order valence-electron chi connectivity index (χ4n) is 4.80. The minimum atomic E-state index is -3.66. The second-order valence-electron chi connectivity index (χ2n) is 12.6. The van der Waals surface area contributed by atoms with Gasteiger partial charge in [0.05, 0.1) is 10.9 Å². The van der Waals surface area contributed by atoms with Crippen LogP contribution in [0.5, 0.6) is 0 Å². The number of β-amino-alcohol motifs (C(OH)–C–C–N with tert-alkyl or cyclic N) is 1. The Kier molecular flexibility index (Phi) is 10.4. The average Bonchev–Trinajstić information content (AvgIpc) is 3.71. The molecule has 0 aromatic carbocycles. The van der Waals surface area contributed by atoms with E-state index >= 15 is 0 Å². The molecule has 232 valence electrons. The Morgan fingerprint density at radius 2 is 1.85 bits per heavy atom. The number of aliphatic hydroxyl groups excluding tert-OH is 1. The predicted octanol–water partition coefficient (Wildman–Crippen LogP) is 2.03. The van der Waals surface area contributed by atoms with E-state index in [0.29, 0.717) is 32.1 Å². The second-order valence-corrected chi connectivity index (χ2v) is 16.7. The minimum absolute atomic E-state index is 0.0284. The van der Waals surface area contributed by atoms with E-state index in [1.807, 2.05) is 34.7 Å². The van der Waals surface area contributed by atoms with Crippen molar-refractivity contribution in [1.82, 2.24) is 14.9 Å². The fraction of sp³-hybridized carbons (Fsp3) is 0.778. The van der Waals surface area contributed by atoms with Gasteiger partial charge in [0.15, 0.2) is 0 Å². The molecule has 3 aliphatic rings. The monoisotopic (exact) mass is 710 g/mol. The zero-order valence-electron chi connectivity index (χ0n) is 24.2. The lowest BCUT2D eigenvalue weighted by Gasteiger charge is -2.28. The molecule has 1 heterocycles. The van der Waals surface area contributed by atoms with E-state index in [-0.39, 0.29) is 18.9 Å². The molecular formula is C27H43IN4O8S. The second kappa shape index (κ2) is 12.7. The maximum atomic E-state index is 13.3. The highest BCUT2D eigenvalue weighted by Gasteiger charge is 2.59. The number of sulfonamides is 1. The summed E-state index contributed by atoms with van der Waals surface area (Å²) in [7, 11) is -3.66. The number of unbranched alkanes of at least 4 members (excludes halogenated alkanes) is 3. The lowest BCUT2D eigenvalue weighted by Crippen LogP contribution is -2.53. The van der Waals surface area contributed by atoms with Gasteiger partial charge < -0.3 is 25.8 Å². The van der Waals surface area contributed by atoms with Crippen LogP contribution in [0.3, 0.4) is 0 Å². The molecular weight excluding hydrogens is 667 g/mol. The number of alkyl carbamates (subject to hydrolysis) is 1. The molecule has 5 N–H and O–H groups in total. The van der Waals surface area contributed by atoms with Crippen LogP contribution in [0.15, 0.2) is 12.2 Å². The number of rotatable bonds is 13. The third-order valence-corrected chi connectivity index (χ3v) is 11.7. The highest BCUT2D eigenvalue weighted by atomic mass is 127. The van der Waals surface area contributed by atoms with Crippen LogP contribution in [-0.2, 0) is 29.1 Å². The van der Waals surface area contributed by atoms with E-state index in [1.54, 1.807) is 27.7 Å². The number of hydrogen-bond acceptors (Lipinski definition) is 8. The Morgan fingerprint density at radius 1 is 1.20 bits per heavy atom. The van der Waals surface area contributed by atoms with E-state index in [9.17, 15) is 32.7 Å². The number of hydrogen-bond donors (Lipinski definition) is 4. The highest BCUT2D eigenvalue weighted by Crippen LogP contribution is 2.53. The van der Waals surface area contributed by atoms with E-state index < -0.39 is 65.8 Å². The van der Waals surface area contributed by atoms with E-state index in [1.165, 1.54) is 4.90 Å². The standard InChI is InChI=1S/C27H43IN4O8S/c1-25(2,3)40-24(37)30-19(22(35)32-16-18(33)14-20(32)21(29)34)11-9-7-5-6-8-10-17-15-27(17,28)23(36)31-41(38,39)26(4)12-13-26/h8,10,17-20,33H,5-7,9,11-16H2,1-4H3,(H2,29,34)(H,30,37)(H,31,36)/b10-8-/t17-,18-,19+,20+,27-/m1/s1. The minimum Gasteiger partial charge on any atom is -0.444 e. The number of allylic oxidation sites excluding steroid dienone is 2. The number of carbonyl (C=O) groups is 4. The summed E-state index contributed by atoms with van der Waals surface area (Å²) in [6, 6.07) is -1.87. The number of nitrogens with one attached hydrogen (secondary N) is 2. The van der Waals surface area contributed by atoms with Crippen molar-refractivity contribution in [2.75, 3.05) is 6.54 Å². The number of likely N-dealkylation sites (tertiary alicyclic amines) is 1. The number of carbonyl (C=O) groups excluding carboxylic acids is 4. The maximum Gasteiger partial charge on any atom is 0.408 e. The lowest BCUT2D eigenvalue weighted by atomic mass is 10.0. The fourth-order valence-corrected chi connectivity index (χ4v) is 7.11. The summed E-state index contributed by atoms with van der Waals surface area (Å²) >= 11 is 2.04. The van der Waals surface area contributed by atoms with Crippen molar-refractivity contribution in [2.24, 2.45) is 11.7 Å². The third-order valence-electron chi connectivity index (χ3n) is 7.76. The number of primary amides is 1. The van der Waals surface area contributed by atoms with Gasteiger partial charge in [0, 0.05) is 18.9 Å². The van der Waals surface area contributed by atoms with Crippen molar-refractivity contribution in [3.8, 4) is 0 Å². The average molecular weight is 711 g/mol. The molecule has 0 aromatic heterocycles. The van der Waals surface area contributed by atoms with Crippen LogP contribution in [-0.4, -0.2) is 80.7 Å². The molecule has 14 heteroatoms. The van der Waals surface area contributed by atoms with Crippen molar-refractivity contribution < 1.29 is 37.4 Å². The Hall–Kier alpha value is -1.94. The first-order chi connectivity index (χ1) is 18.9. The zero-order valence-corrected chi connectivity index (χ0v) is 27.1. The van der Waals surface area contributed by atoms with Gasteiger partial charge in [0.2, 0.25) is 27.7 Å². The quantitative estimate of drug-likeness (QED) is 0.0969. The normalized spacial score (nSPS) is 27.8. The van der Waals surface area contributed by atoms with Gasteiger partial charge in [-0.2, -0.15) is 0 Å². The van der Waals surface area contributed by atoms with Gasteiger partial charge in [0.1, 0.15) is 21.1 Å². The van der Waals surface area contributed by atoms with Crippen molar-refractivity contribution in [2.45, 2.75) is 117 Å². The summed E-state index contributed by atoms with van der Waals surface area (Å²) in [5, 5.41) is 12.6. The number of nitrogens with zero attached hydrogens (tertiary/aromatic N) is 1. The van der Waals surface area contributed by atoms with Crippen LogP contribution in [0.1, 0.15) is 85.5 Å². The molecule has 0 spiro atoms. The van der Waals surface area contributed by atoms with Crippen molar-refractivity contribution in [1.29, 1.82) is 0 Å². The Labute approximate surface area is 255 Å². The first-order valence-corrected chi connectivity index (χ1v) is 16.6. The van der Waals surface area contributed by atoms with Gasteiger partial charge in [-0.3, -0.25) is 19.1 Å². The van der Waals surface area contributed by atoms with Crippen LogP contribution in [0.4, 0.5) is 4.79 Å². The zero-order chi connectivity index (χ0) is 30.8.